The first-order valence-electron chi connectivity index (χ1n) is 7.02. The lowest BCUT2D eigenvalue weighted by atomic mass is 9.78. The van der Waals surface area contributed by atoms with Gasteiger partial charge in [0.15, 0.2) is 5.16 Å². The Hall–Kier alpha value is -1.24. The van der Waals surface area contributed by atoms with Crippen LogP contribution < -0.4 is 5.69 Å². The zero-order valence-corrected chi connectivity index (χ0v) is 12.7. The summed E-state index contributed by atoms with van der Waals surface area (Å²) in [5, 5.41) is 15.7. The summed E-state index contributed by atoms with van der Waals surface area (Å²) in [7, 11) is 0. The summed E-state index contributed by atoms with van der Waals surface area (Å²) in [5.41, 5.74) is -0.226. The monoisotopic (exact) mass is 299 g/mol. The topological polar surface area (TPSA) is 88.0 Å². The Morgan fingerprint density at radius 3 is 2.85 bits per heavy atom. The third-order valence-electron chi connectivity index (χ3n) is 3.97. The van der Waals surface area contributed by atoms with Crippen molar-refractivity contribution in [2.45, 2.75) is 50.7 Å². The summed E-state index contributed by atoms with van der Waals surface area (Å²) in [5.74, 6) is -0.0349. The van der Waals surface area contributed by atoms with E-state index in [-0.39, 0.29) is 17.5 Å². The number of hydrogen-bond acceptors (Lipinski definition) is 4. The fourth-order valence-corrected chi connectivity index (χ4v) is 3.77. The minimum atomic E-state index is -0.902. The fraction of sp³-hybridized carbons (Fsp3) is 0.769. The molecule has 0 aliphatic heterocycles. The zero-order valence-electron chi connectivity index (χ0n) is 11.8. The van der Waals surface area contributed by atoms with E-state index in [0.717, 1.165) is 31.0 Å². The van der Waals surface area contributed by atoms with Crippen molar-refractivity contribution >= 4 is 17.7 Å². The lowest BCUT2D eigenvalue weighted by molar-refractivity contribution is -0.133. The molecule has 2 N–H and O–H groups in total. The van der Waals surface area contributed by atoms with Crippen molar-refractivity contribution in [1.29, 1.82) is 0 Å². The number of thioether (sulfide) groups is 1. The Morgan fingerprint density at radius 2 is 2.20 bits per heavy atom. The number of nitrogens with one attached hydrogen (secondary N) is 1. The van der Waals surface area contributed by atoms with E-state index in [1.165, 1.54) is 6.42 Å². The van der Waals surface area contributed by atoms with E-state index in [2.05, 4.69) is 24.0 Å². The fourth-order valence-electron chi connectivity index (χ4n) is 3.05. The second kappa shape index (κ2) is 6.47. The van der Waals surface area contributed by atoms with Crippen molar-refractivity contribution < 1.29 is 9.90 Å². The van der Waals surface area contributed by atoms with Crippen LogP contribution in [0.2, 0.25) is 0 Å². The molecular formula is C13H21N3O3S. The van der Waals surface area contributed by atoms with E-state index in [1.807, 2.05) is 0 Å². The second-order valence-electron chi connectivity index (χ2n) is 5.62. The van der Waals surface area contributed by atoms with Gasteiger partial charge in [-0.3, -0.25) is 9.36 Å². The maximum absolute atomic E-state index is 12.0. The molecule has 0 bridgehead atoms. The van der Waals surface area contributed by atoms with Gasteiger partial charge in [-0.2, -0.15) is 0 Å². The molecule has 112 valence electrons. The SMILES string of the molecule is CC(C)C1CCCCC1n1c(SCC(=O)O)n[nH]c1=O. The summed E-state index contributed by atoms with van der Waals surface area (Å²) in [4.78, 5) is 22.7. The van der Waals surface area contributed by atoms with Gasteiger partial charge in [0, 0.05) is 6.04 Å². The smallest absolute Gasteiger partial charge is 0.344 e. The van der Waals surface area contributed by atoms with Crippen LogP contribution >= 0.6 is 11.8 Å². The molecule has 0 spiro atoms. The average molecular weight is 299 g/mol. The van der Waals surface area contributed by atoms with Crippen molar-refractivity contribution in [3.63, 3.8) is 0 Å². The van der Waals surface area contributed by atoms with Gasteiger partial charge in [0.25, 0.3) is 0 Å². The molecule has 2 atom stereocenters. The molecule has 20 heavy (non-hydrogen) atoms. The average Bonchev–Trinajstić information content (AvgIpc) is 2.77. The van der Waals surface area contributed by atoms with Crippen LogP contribution in [-0.4, -0.2) is 31.6 Å². The number of aliphatic carboxylic acids is 1. The Morgan fingerprint density at radius 1 is 1.50 bits per heavy atom. The third-order valence-corrected chi connectivity index (χ3v) is 4.90. The lowest BCUT2D eigenvalue weighted by Crippen LogP contribution is -2.33. The molecule has 0 saturated heterocycles. The van der Waals surface area contributed by atoms with Crippen molar-refractivity contribution in [3.8, 4) is 0 Å². The maximum Gasteiger partial charge on any atom is 0.344 e. The van der Waals surface area contributed by atoms with Crippen LogP contribution in [0.15, 0.2) is 9.95 Å². The van der Waals surface area contributed by atoms with E-state index < -0.39 is 5.97 Å². The van der Waals surface area contributed by atoms with Crippen LogP contribution in [0.25, 0.3) is 0 Å². The van der Waals surface area contributed by atoms with Gasteiger partial charge in [-0.05, 0) is 24.7 Å². The lowest BCUT2D eigenvalue weighted by Gasteiger charge is -2.35. The predicted octanol–water partition coefficient (Wildman–Crippen LogP) is 2.14. The molecule has 1 heterocycles. The van der Waals surface area contributed by atoms with Gasteiger partial charge in [0.1, 0.15) is 0 Å². The highest BCUT2D eigenvalue weighted by molar-refractivity contribution is 7.99. The summed E-state index contributed by atoms with van der Waals surface area (Å²) in [6.07, 6.45) is 4.38. The molecule has 1 saturated carbocycles. The maximum atomic E-state index is 12.0. The van der Waals surface area contributed by atoms with Gasteiger partial charge in [0.05, 0.1) is 5.75 Å². The summed E-state index contributed by atoms with van der Waals surface area (Å²) >= 11 is 1.10. The highest BCUT2D eigenvalue weighted by atomic mass is 32.2. The van der Waals surface area contributed by atoms with Crippen LogP contribution in [0.3, 0.4) is 0 Å². The molecule has 1 aromatic rings. The Bertz CT molecular complexity index is 523. The molecule has 1 aliphatic rings. The number of aromatic nitrogens is 3. The zero-order chi connectivity index (χ0) is 14.7. The standard InChI is InChI=1S/C13H21N3O3S/c1-8(2)9-5-3-4-6-10(9)16-12(19)14-15-13(16)20-7-11(17)18/h8-10H,3-7H2,1-2H3,(H,14,19)(H,17,18). The molecule has 1 aromatic heterocycles. The molecule has 7 heteroatoms. The number of hydrogen-bond donors (Lipinski definition) is 2. The van der Waals surface area contributed by atoms with E-state index in [4.69, 9.17) is 5.11 Å². The van der Waals surface area contributed by atoms with Crippen LogP contribution in [0.1, 0.15) is 45.6 Å². The highest BCUT2D eigenvalue weighted by Gasteiger charge is 2.31. The third kappa shape index (κ3) is 3.26. The van der Waals surface area contributed by atoms with E-state index in [1.54, 1.807) is 4.57 Å². The number of carboxylic acid groups (broad SMARTS) is 1. The van der Waals surface area contributed by atoms with E-state index in [0.29, 0.717) is 17.0 Å². The van der Waals surface area contributed by atoms with Crippen molar-refractivity contribution in [2.75, 3.05) is 5.75 Å². The number of carboxylic acids is 1. The number of nitrogens with zero attached hydrogens (tertiary/aromatic N) is 2. The van der Waals surface area contributed by atoms with Crippen molar-refractivity contribution in [2.24, 2.45) is 11.8 Å². The molecule has 2 unspecified atom stereocenters. The number of H-pyrrole nitrogens is 1. The minimum Gasteiger partial charge on any atom is -0.481 e. The minimum absolute atomic E-state index is 0.0800. The normalized spacial score (nSPS) is 23.1. The van der Waals surface area contributed by atoms with Gasteiger partial charge in [-0.1, -0.05) is 38.5 Å². The van der Waals surface area contributed by atoms with Crippen LogP contribution in [0.5, 0.6) is 0 Å². The van der Waals surface area contributed by atoms with Gasteiger partial charge < -0.3 is 5.11 Å². The number of aromatic amines is 1. The largest absolute Gasteiger partial charge is 0.481 e. The van der Waals surface area contributed by atoms with E-state index >= 15 is 0 Å². The molecule has 0 aromatic carbocycles. The van der Waals surface area contributed by atoms with E-state index in [9.17, 15) is 9.59 Å². The van der Waals surface area contributed by atoms with Crippen molar-refractivity contribution in [3.05, 3.63) is 10.5 Å². The Kier molecular flexibility index (Phi) is 4.91. The first kappa shape index (κ1) is 15.2. The van der Waals surface area contributed by atoms with Crippen molar-refractivity contribution in [1.82, 2.24) is 14.8 Å². The number of carbonyl (C=O) groups is 1. The van der Waals surface area contributed by atoms with Crippen LogP contribution in [-0.2, 0) is 4.79 Å². The summed E-state index contributed by atoms with van der Waals surface area (Å²) in [6, 6.07) is 0.131. The second-order valence-corrected chi connectivity index (χ2v) is 6.57. The van der Waals surface area contributed by atoms with Gasteiger partial charge >= 0.3 is 11.7 Å². The molecular weight excluding hydrogens is 278 g/mol. The van der Waals surface area contributed by atoms with Gasteiger partial charge in [0.2, 0.25) is 0 Å². The quantitative estimate of drug-likeness (QED) is 0.813. The Labute approximate surface area is 122 Å². The highest BCUT2D eigenvalue weighted by Crippen LogP contribution is 2.39. The molecule has 0 radical (unpaired) electrons. The number of rotatable bonds is 5. The van der Waals surface area contributed by atoms with Crippen LogP contribution in [0.4, 0.5) is 0 Å². The first-order valence-corrected chi connectivity index (χ1v) is 8.00. The van der Waals surface area contributed by atoms with Gasteiger partial charge in [-0.15, -0.1) is 5.10 Å². The predicted molar refractivity (Wildman–Crippen MR) is 77.0 cm³/mol. The molecule has 6 nitrogen and oxygen atoms in total. The molecule has 1 aliphatic carbocycles. The molecule has 0 amide bonds. The first-order chi connectivity index (χ1) is 9.50. The van der Waals surface area contributed by atoms with Crippen LogP contribution in [0, 0.1) is 11.8 Å². The summed E-state index contributed by atoms with van der Waals surface area (Å²) in [6.45, 7) is 4.36. The molecule has 1 fully saturated rings. The molecule has 2 rings (SSSR count). The Balaban J connectivity index is 2.27. The summed E-state index contributed by atoms with van der Waals surface area (Å²) < 4.78 is 1.68. The van der Waals surface area contributed by atoms with Gasteiger partial charge in [-0.25, -0.2) is 9.89 Å².